The van der Waals surface area contributed by atoms with Gasteiger partial charge in [-0.05, 0) is 30.0 Å². The number of rotatable bonds is 5. The Bertz CT molecular complexity index is 629. The number of hydrogen-bond donors (Lipinski definition) is 2. The molecule has 112 valence electrons. The summed E-state index contributed by atoms with van der Waals surface area (Å²) in [6.45, 7) is 2.08. The Labute approximate surface area is 138 Å². The third-order valence-corrected chi connectivity index (χ3v) is 4.85. The summed E-state index contributed by atoms with van der Waals surface area (Å²) in [5.74, 6) is -0.263. The van der Waals surface area contributed by atoms with Gasteiger partial charge in [0.15, 0.2) is 0 Å². The lowest BCUT2D eigenvalue weighted by Crippen LogP contribution is -2.28. The van der Waals surface area contributed by atoms with Crippen molar-refractivity contribution in [1.82, 2.24) is 5.32 Å². The maximum Gasteiger partial charge on any atom is 0.253 e. The number of nitrogens with one attached hydrogen (secondary N) is 1. The van der Waals surface area contributed by atoms with Crippen LogP contribution in [0.5, 0.6) is 0 Å². The molecule has 1 amide bonds. The molecule has 0 saturated carbocycles. The lowest BCUT2D eigenvalue weighted by atomic mass is 10.1. The topological polar surface area (TPSA) is 55.1 Å². The average Bonchev–Trinajstić information content (AvgIpc) is 2.96. The standard InChI is InChI=1S/C15H16Cl2N2OS/c1-2-4-12(13-5-3-6-21-13)19-15(20)10-7-9(18)8-11(16)14(10)17/h3,5-8,12H,2,4,18H2,1H3,(H,19,20). The smallest absolute Gasteiger partial charge is 0.253 e. The molecule has 0 spiro atoms. The van der Waals surface area contributed by atoms with Crippen LogP contribution in [0.4, 0.5) is 5.69 Å². The Balaban J connectivity index is 2.23. The van der Waals surface area contributed by atoms with Crippen molar-refractivity contribution in [3.63, 3.8) is 0 Å². The lowest BCUT2D eigenvalue weighted by molar-refractivity contribution is 0.0935. The summed E-state index contributed by atoms with van der Waals surface area (Å²) in [6.07, 6.45) is 1.83. The summed E-state index contributed by atoms with van der Waals surface area (Å²) >= 11 is 13.7. The van der Waals surface area contributed by atoms with Gasteiger partial charge in [0.2, 0.25) is 0 Å². The molecule has 1 aromatic carbocycles. The van der Waals surface area contributed by atoms with Gasteiger partial charge in [-0.3, -0.25) is 4.79 Å². The van der Waals surface area contributed by atoms with Gasteiger partial charge in [-0.25, -0.2) is 0 Å². The quantitative estimate of drug-likeness (QED) is 0.758. The first-order valence-corrected chi connectivity index (χ1v) is 8.25. The van der Waals surface area contributed by atoms with E-state index in [1.165, 1.54) is 6.07 Å². The molecule has 3 N–H and O–H groups in total. The van der Waals surface area contributed by atoms with Crippen LogP contribution in [0.2, 0.25) is 10.0 Å². The normalized spacial score (nSPS) is 12.1. The maximum atomic E-state index is 12.4. The highest BCUT2D eigenvalue weighted by Gasteiger charge is 2.19. The molecule has 6 heteroatoms. The molecule has 0 aliphatic carbocycles. The van der Waals surface area contributed by atoms with Gasteiger partial charge in [0, 0.05) is 10.6 Å². The first-order valence-electron chi connectivity index (χ1n) is 6.61. The molecule has 0 bridgehead atoms. The molecular formula is C15H16Cl2N2OS. The van der Waals surface area contributed by atoms with Gasteiger partial charge in [-0.1, -0.05) is 42.6 Å². The van der Waals surface area contributed by atoms with Crippen LogP contribution in [0, 0.1) is 0 Å². The van der Waals surface area contributed by atoms with E-state index < -0.39 is 0 Å². The zero-order valence-electron chi connectivity index (χ0n) is 11.5. The molecule has 1 unspecified atom stereocenters. The van der Waals surface area contributed by atoms with E-state index >= 15 is 0 Å². The Morgan fingerprint density at radius 1 is 1.43 bits per heavy atom. The SMILES string of the molecule is CCCC(NC(=O)c1cc(N)cc(Cl)c1Cl)c1cccs1. The minimum absolute atomic E-state index is 0.0289. The Morgan fingerprint density at radius 2 is 2.19 bits per heavy atom. The van der Waals surface area contributed by atoms with E-state index in [1.807, 2.05) is 17.5 Å². The minimum Gasteiger partial charge on any atom is -0.399 e. The fraction of sp³-hybridized carbons (Fsp3) is 0.267. The van der Waals surface area contributed by atoms with Gasteiger partial charge < -0.3 is 11.1 Å². The molecule has 1 aromatic heterocycles. The van der Waals surface area contributed by atoms with E-state index in [2.05, 4.69) is 12.2 Å². The second-order valence-corrected chi connectivity index (χ2v) is 6.46. The van der Waals surface area contributed by atoms with Crippen molar-refractivity contribution in [3.8, 4) is 0 Å². The summed E-state index contributed by atoms with van der Waals surface area (Å²) < 4.78 is 0. The number of nitrogen functional groups attached to an aromatic ring is 1. The molecule has 0 saturated heterocycles. The third-order valence-electron chi connectivity index (χ3n) is 3.06. The molecule has 0 aliphatic rings. The summed E-state index contributed by atoms with van der Waals surface area (Å²) in [5, 5.41) is 5.51. The summed E-state index contributed by atoms with van der Waals surface area (Å²) in [5.41, 5.74) is 6.45. The van der Waals surface area contributed by atoms with Gasteiger partial charge in [0.1, 0.15) is 0 Å². The van der Waals surface area contributed by atoms with Crippen molar-refractivity contribution in [2.24, 2.45) is 0 Å². The second kappa shape index (κ2) is 7.16. The number of amides is 1. The Morgan fingerprint density at radius 3 is 2.81 bits per heavy atom. The predicted octanol–water partition coefficient (Wildman–Crippen LogP) is 4.91. The van der Waals surface area contributed by atoms with Crippen molar-refractivity contribution in [2.45, 2.75) is 25.8 Å². The zero-order valence-corrected chi connectivity index (χ0v) is 13.9. The minimum atomic E-state index is -0.263. The molecule has 0 aliphatic heterocycles. The van der Waals surface area contributed by atoms with E-state index in [0.717, 1.165) is 17.7 Å². The van der Waals surface area contributed by atoms with Crippen LogP contribution < -0.4 is 11.1 Å². The van der Waals surface area contributed by atoms with Crippen molar-refractivity contribution >= 4 is 46.1 Å². The highest BCUT2D eigenvalue weighted by Crippen LogP contribution is 2.30. The Hall–Kier alpha value is -1.23. The zero-order chi connectivity index (χ0) is 15.4. The van der Waals surface area contributed by atoms with Crippen LogP contribution in [0.25, 0.3) is 0 Å². The van der Waals surface area contributed by atoms with Crippen LogP contribution in [0.15, 0.2) is 29.6 Å². The number of hydrogen-bond acceptors (Lipinski definition) is 3. The molecule has 21 heavy (non-hydrogen) atoms. The van der Waals surface area contributed by atoms with Gasteiger partial charge in [0.25, 0.3) is 5.91 Å². The summed E-state index contributed by atoms with van der Waals surface area (Å²) in [6, 6.07) is 7.03. The third kappa shape index (κ3) is 3.90. The fourth-order valence-corrected chi connectivity index (χ4v) is 3.31. The first-order chi connectivity index (χ1) is 10.0. The van der Waals surface area contributed by atoms with Crippen molar-refractivity contribution < 1.29 is 4.79 Å². The van der Waals surface area contributed by atoms with Crippen LogP contribution in [-0.2, 0) is 0 Å². The Kier molecular flexibility index (Phi) is 5.51. The highest BCUT2D eigenvalue weighted by molar-refractivity contribution is 7.10. The number of halogens is 2. The number of nitrogens with two attached hydrogens (primary N) is 1. The van der Waals surface area contributed by atoms with E-state index in [-0.39, 0.29) is 22.0 Å². The van der Waals surface area contributed by atoms with Gasteiger partial charge in [-0.15, -0.1) is 11.3 Å². The first kappa shape index (κ1) is 16.1. The number of thiophene rings is 1. The monoisotopic (exact) mass is 342 g/mol. The maximum absolute atomic E-state index is 12.4. The molecule has 2 rings (SSSR count). The average molecular weight is 343 g/mol. The molecule has 1 heterocycles. The summed E-state index contributed by atoms with van der Waals surface area (Å²) in [4.78, 5) is 13.6. The van der Waals surface area contributed by atoms with Crippen LogP contribution in [0.3, 0.4) is 0 Å². The lowest BCUT2D eigenvalue weighted by Gasteiger charge is -2.17. The molecule has 1 atom stereocenters. The van der Waals surface area contributed by atoms with Crippen LogP contribution in [0.1, 0.15) is 41.0 Å². The van der Waals surface area contributed by atoms with Crippen molar-refractivity contribution in [3.05, 3.63) is 50.1 Å². The van der Waals surface area contributed by atoms with Crippen molar-refractivity contribution in [2.75, 3.05) is 5.73 Å². The van der Waals surface area contributed by atoms with Gasteiger partial charge in [-0.2, -0.15) is 0 Å². The van der Waals surface area contributed by atoms with E-state index in [4.69, 9.17) is 28.9 Å². The van der Waals surface area contributed by atoms with E-state index in [9.17, 15) is 4.79 Å². The molecule has 3 nitrogen and oxygen atoms in total. The van der Waals surface area contributed by atoms with Gasteiger partial charge >= 0.3 is 0 Å². The second-order valence-electron chi connectivity index (χ2n) is 4.69. The van der Waals surface area contributed by atoms with Crippen LogP contribution in [-0.4, -0.2) is 5.91 Å². The van der Waals surface area contributed by atoms with Gasteiger partial charge in [0.05, 0.1) is 21.7 Å². The van der Waals surface area contributed by atoms with Crippen LogP contribution >= 0.6 is 34.5 Å². The predicted molar refractivity (Wildman–Crippen MR) is 90.3 cm³/mol. The summed E-state index contributed by atoms with van der Waals surface area (Å²) in [7, 11) is 0. The molecule has 0 radical (unpaired) electrons. The fourth-order valence-electron chi connectivity index (χ4n) is 2.08. The molecule has 2 aromatic rings. The largest absolute Gasteiger partial charge is 0.399 e. The van der Waals surface area contributed by atoms with Crippen molar-refractivity contribution in [1.29, 1.82) is 0 Å². The highest BCUT2D eigenvalue weighted by atomic mass is 35.5. The number of benzene rings is 1. The molecule has 0 fully saturated rings. The van der Waals surface area contributed by atoms with E-state index in [0.29, 0.717) is 11.3 Å². The van der Waals surface area contributed by atoms with E-state index in [1.54, 1.807) is 17.4 Å². The number of carbonyl (C=O) groups excluding carboxylic acids is 1. The number of anilines is 1. The molecular weight excluding hydrogens is 327 g/mol. The number of carbonyl (C=O) groups is 1.